The third-order valence-corrected chi connectivity index (χ3v) is 4.66. The normalized spacial score (nSPS) is 10.9. The van der Waals surface area contributed by atoms with E-state index in [1.807, 2.05) is 23.6 Å². The molecule has 8 heteroatoms. The van der Waals surface area contributed by atoms with Gasteiger partial charge in [-0.2, -0.15) is 0 Å². The van der Waals surface area contributed by atoms with Crippen LogP contribution in [0.5, 0.6) is 0 Å². The van der Waals surface area contributed by atoms with Crippen molar-refractivity contribution in [1.82, 2.24) is 15.0 Å². The molecule has 0 radical (unpaired) electrons. The molecule has 0 atom stereocenters. The van der Waals surface area contributed by atoms with Crippen LogP contribution in [0.15, 0.2) is 57.2 Å². The second-order valence-electron chi connectivity index (χ2n) is 5.63. The Morgan fingerprint density at radius 3 is 3.04 bits per heavy atom. The molecule has 0 bridgehead atoms. The minimum Gasteiger partial charge on any atom is -0.408 e. The van der Waals surface area contributed by atoms with Crippen molar-refractivity contribution in [2.75, 3.05) is 5.32 Å². The highest BCUT2D eigenvalue weighted by atomic mass is 32.1. The van der Waals surface area contributed by atoms with E-state index in [1.165, 1.54) is 11.3 Å². The van der Waals surface area contributed by atoms with Crippen molar-refractivity contribution in [2.45, 2.75) is 12.8 Å². The molecule has 0 fully saturated rings. The van der Waals surface area contributed by atoms with Gasteiger partial charge < -0.3 is 9.73 Å². The lowest BCUT2D eigenvalue weighted by Crippen LogP contribution is -2.12. The Bertz CT molecular complexity index is 1110. The van der Waals surface area contributed by atoms with Crippen LogP contribution in [-0.4, -0.2) is 20.9 Å². The van der Waals surface area contributed by atoms with E-state index in [4.69, 9.17) is 4.42 Å². The Labute approximate surface area is 151 Å². The number of carbonyl (C=O) groups is 1. The van der Waals surface area contributed by atoms with E-state index >= 15 is 0 Å². The molecule has 0 spiro atoms. The molecule has 0 aliphatic rings. The molecule has 0 saturated carbocycles. The fourth-order valence-electron chi connectivity index (χ4n) is 2.52. The Morgan fingerprint density at radius 1 is 1.27 bits per heavy atom. The number of aryl methyl sites for hydroxylation is 1. The van der Waals surface area contributed by atoms with E-state index in [9.17, 15) is 9.59 Å². The molecule has 1 aromatic carbocycles. The van der Waals surface area contributed by atoms with Gasteiger partial charge in [0.2, 0.25) is 5.91 Å². The summed E-state index contributed by atoms with van der Waals surface area (Å²) in [6, 6.07) is 10.7. The fraction of sp³-hybridized carbons (Fsp3) is 0.111. The summed E-state index contributed by atoms with van der Waals surface area (Å²) in [7, 11) is 0. The first-order chi connectivity index (χ1) is 12.7. The van der Waals surface area contributed by atoms with Crippen LogP contribution in [0.25, 0.3) is 21.8 Å². The molecule has 4 rings (SSSR count). The lowest BCUT2D eigenvalue weighted by Gasteiger charge is -2.04. The summed E-state index contributed by atoms with van der Waals surface area (Å²) in [4.78, 5) is 34.7. The number of nitrogens with zero attached hydrogens (tertiary/aromatic N) is 2. The zero-order chi connectivity index (χ0) is 17.9. The Hall–Kier alpha value is -3.26. The summed E-state index contributed by atoms with van der Waals surface area (Å²) in [5, 5.41) is 5.58. The van der Waals surface area contributed by atoms with Crippen LogP contribution >= 0.6 is 11.3 Å². The quantitative estimate of drug-likeness (QED) is 0.565. The lowest BCUT2D eigenvalue weighted by molar-refractivity contribution is -0.116. The van der Waals surface area contributed by atoms with Gasteiger partial charge in [0.1, 0.15) is 5.01 Å². The first-order valence-electron chi connectivity index (χ1n) is 7.96. The number of anilines is 1. The highest BCUT2D eigenvalue weighted by molar-refractivity contribution is 7.13. The molecule has 2 N–H and O–H groups in total. The van der Waals surface area contributed by atoms with Crippen molar-refractivity contribution in [3.8, 4) is 10.7 Å². The second kappa shape index (κ2) is 6.93. The minimum absolute atomic E-state index is 0.130. The number of amides is 1. The van der Waals surface area contributed by atoms with Crippen molar-refractivity contribution in [3.05, 3.63) is 64.2 Å². The van der Waals surface area contributed by atoms with Crippen LogP contribution in [0.2, 0.25) is 0 Å². The van der Waals surface area contributed by atoms with Crippen LogP contribution in [0.4, 0.5) is 5.69 Å². The number of fused-ring (bicyclic) bond motifs is 1. The number of thiazole rings is 1. The van der Waals surface area contributed by atoms with Crippen LogP contribution in [0.3, 0.4) is 0 Å². The maximum Gasteiger partial charge on any atom is 0.417 e. The average Bonchev–Trinajstić information content (AvgIpc) is 3.26. The summed E-state index contributed by atoms with van der Waals surface area (Å²) >= 11 is 1.51. The van der Waals surface area contributed by atoms with Crippen molar-refractivity contribution in [3.63, 3.8) is 0 Å². The van der Waals surface area contributed by atoms with Crippen LogP contribution in [0, 0.1) is 0 Å². The third kappa shape index (κ3) is 3.55. The van der Waals surface area contributed by atoms with Crippen molar-refractivity contribution in [1.29, 1.82) is 0 Å². The zero-order valence-electron chi connectivity index (χ0n) is 13.6. The molecule has 0 unspecified atom stereocenters. The van der Waals surface area contributed by atoms with E-state index < -0.39 is 5.76 Å². The molecule has 0 aliphatic carbocycles. The monoisotopic (exact) mass is 366 g/mol. The molecule has 3 aromatic heterocycles. The maximum absolute atomic E-state index is 12.2. The van der Waals surface area contributed by atoms with E-state index in [2.05, 4.69) is 20.3 Å². The number of aromatic nitrogens is 3. The summed E-state index contributed by atoms with van der Waals surface area (Å²) in [6.07, 6.45) is 2.57. The number of rotatable bonds is 5. The van der Waals surface area contributed by atoms with Gasteiger partial charge in [0.15, 0.2) is 5.58 Å². The molecular weight excluding hydrogens is 352 g/mol. The highest BCUT2D eigenvalue weighted by Crippen LogP contribution is 2.22. The van der Waals surface area contributed by atoms with Gasteiger partial charge in [0.05, 0.1) is 16.9 Å². The SMILES string of the molecule is O=C(CCc1csc(-c2ccccn2)n1)Nc1ccc2[nH]c(=O)oc2c1. The van der Waals surface area contributed by atoms with Crippen molar-refractivity contribution >= 4 is 34.0 Å². The number of hydrogen-bond acceptors (Lipinski definition) is 6. The standard InChI is InChI=1S/C18H14N4O3S/c23-16(20-11-4-6-13-15(9-11)25-18(24)22-13)7-5-12-10-26-17(21-12)14-3-1-2-8-19-14/h1-4,6,8-10H,5,7H2,(H,20,23)(H,22,24). The molecule has 4 aromatic rings. The molecule has 3 heterocycles. The van der Waals surface area contributed by atoms with Gasteiger partial charge in [0, 0.05) is 29.8 Å². The van der Waals surface area contributed by atoms with E-state index in [0.717, 1.165) is 16.4 Å². The lowest BCUT2D eigenvalue weighted by atomic mass is 10.2. The number of carbonyl (C=O) groups excluding carboxylic acids is 1. The van der Waals surface area contributed by atoms with Crippen LogP contribution < -0.4 is 11.1 Å². The maximum atomic E-state index is 12.2. The molecule has 7 nitrogen and oxygen atoms in total. The molecule has 0 aliphatic heterocycles. The topological polar surface area (TPSA) is 101 Å². The zero-order valence-corrected chi connectivity index (χ0v) is 14.4. The number of H-pyrrole nitrogens is 1. The van der Waals surface area contributed by atoms with E-state index in [1.54, 1.807) is 24.4 Å². The smallest absolute Gasteiger partial charge is 0.408 e. The minimum atomic E-state index is -0.518. The second-order valence-corrected chi connectivity index (χ2v) is 6.49. The number of oxazole rings is 1. The van der Waals surface area contributed by atoms with E-state index in [-0.39, 0.29) is 5.91 Å². The first-order valence-corrected chi connectivity index (χ1v) is 8.84. The predicted molar refractivity (Wildman–Crippen MR) is 99.1 cm³/mol. The molecule has 130 valence electrons. The van der Waals surface area contributed by atoms with Crippen LogP contribution in [0.1, 0.15) is 12.1 Å². The summed E-state index contributed by atoms with van der Waals surface area (Å²) in [5.74, 6) is -0.648. The van der Waals surface area contributed by atoms with Gasteiger partial charge in [-0.15, -0.1) is 11.3 Å². The number of hydrogen-bond donors (Lipinski definition) is 2. The first kappa shape index (κ1) is 16.2. The average molecular weight is 366 g/mol. The van der Waals surface area contributed by atoms with Gasteiger partial charge in [0.25, 0.3) is 0 Å². The number of pyridine rings is 1. The van der Waals surface area contributed by atoms with Gasteiger partial charge in [-0.1, -0.05) is 6.07 Å². The Morgan fingerprint density at radius 2 is 2.19 bits per heavy atom. The molecule has 1 amide bonds. The third-order valence-electron chi connectivity index (χ3n) is 3.75. The summed E-state index contributed by atoms with van der Waals surface area (Å²) in [5.41, 5.74) is 3.27. The highest BCUT2D eigenvalue weighted by Gasteiger charge is 2.09. The Balaban J connectivity index is 1.37. The van der Waals surface area contributed by atoms with Gasteiger partial charge in [-0.25, -0.2) is 9.78 Å². The Kier molecular flexibility index (Phi) is 4.32. The van der Waals surface area contributed by atoms with Crippen molar-refractivity contribution < 1.29 is 9.21 Å². The molecule has 26 heavy (non-hydrogen) atoms. The van der Waals surface area contributed by atoms with E-state index in [0.29, 0.717) is 29.6 Å². The van der Waals surface area contributed by atoms with Crippen molar-refractivity contribution in [2.24, 2.45) is 0 Å². The number of aromatic amines is 1. The summed E-state index contributed by atoms with van der Waals surface area (Å²) < 4.78 is 4.99. The fourth-order valence-corrected chi connectivity index (χ4v) is 3.35. The van der Waals surface area contributed by atoms with Gasteiger partial charge in [-0.05, 0) is 30.7 Å². The van der Waals surface area contributed by atoms with Gasteiger partial charge >= 0.3 is 5.76 Å². The van der Waals surface area contributed by atoms with Gasteiger partial charge in [-0.3, -0.25) is 14.8 Å². The molecular formula is C18H14N4O3S. The number of nitrogens with one attached hydrogen (secondary N) is 2. The molecule has 0 saturated heterocycles. The number of benzene rings is 1. The summed E-state index contributed by atoms with van der Waals surface area (Å²) in [6.45, 7) is 0. The predicted octanol–water partition coefficient (Wildman–Crippen LogP) is 3.21. The van der Waals surface area contributed by atoms with Crippen LogP contribution in [-0.2, 0) is 11.2 Å². The largest absolute Gasteiger partial charge is 0.417 e.